The highest BCUT2D eigenvalue weighted by Crippen LogP contribution is 2.35. The number of carboxylic acids is 1. The zero-order valence-electron chi connectivity index (χ0n) is 22.4. The smallest absolute Gasteiger partial charge is 0.323 e. The van der Waals surface area contributed by atoms with Crippen molar-refractivity contribution in [3.8, 4) is 0 Å². The molecule has 3 atom stereocenters. The summed E-state index contributed by atoms with van der Waals surface area (Å²) in [6.45, 7) is 2.33. The van der Waals surface area contributed by atoms with Gasteiger partial charge in [-0.25, -0.2) is 0 Å². The van der Waals surface area contributed by atoms with E-state index in [1.165, 1.54) is 4.90 Å². The Balaban J connectivity index is 1.32. The van der Waals surface area contributed by atoms with Gasteiger partial charge in [0, 0.05) is 17.2 Å². The maximum Gasteiger partial charge on any atom is 0.323 e. The molecule has 2 aliphatic heterocycles. The molecule has 0 saturated carbocycles. The average Bonchev–Trinajstić information content (AvgIpc) is 3.66. The molecule has 0 aliphatic carbocycles. The van der Waals surface area contributed by atoms with Crippen LogP contribution in [0.4, 0.5) is 5.88 Å². The number of ether oxygens (including phenoxy) is 1. The molecule has 0 bridgehead atoms. The number of nitrogens with one attached hydrogen (secondary N) is 2. The third-order valence-corrected chi connectivity index (χ3v) is 9.38. The van der Waals surface area contributed by atoms with Crippen molar-refractivity contribution in [3.05, 3.63) is 64.5 Å². The molecule has 0 radical (unpaired) electrons. The minimum atomic E-state index is -1.08. The van der Waals surface area contributed by atoms with Crippen LogP contribution in [0.2, 0.25) is 0 Å². The molecule has 3 N–H and O–H groups in total. The van der Waals surface area contributed by atoms with Crippen molar-refractivity contribution in [2.75, 3.05) is 55.5 Å². The van der Waals surface area contributed by atoms with Crippen LogP contribution in [0.15, 0.2) is 58.6 Å². The van der Waals surface area contributed by atoms with E-state index in [2.05, 4.69) is 15.9 Å². The maximum absolute atomic E-state index is 13.6. The predicted octanol–water partition coefficient (Wildman–Crippen LogP) is 1.29. The summed E-state index contributed by atoms with van der Waals surface area (Å²) in [6, 6.07) is 12.2. The van der Waals surface area contributed by atoms with Crippen molar-refractivity contribution >= 4 is 46.8 Å². The molecule has 0 unspecified atom stereocenters. The van der Waals surface area contributed by atoms with Crippen LogP contribution in [-0.4, -0.2) is 90.3 Å². The number of thioether (sulfide) groups is 1. The molecule has 14 heteroatoms. The number of thiophene rings is 1. The maximum atomic E-state index is 13.6. The van der Waals surface area contributed by atoms with Gasteiger partial charge in [0.15, 0.2) is 0 Å². The van der Waals surface area contributed by atoms with E-state index in [9.17, 15) is 19.5 Å². The number of hydrogen-bond acceptors (Lipinski definition) is 10. The molecular weight excluding hydrogens is 568 g/mol. The van der Waals surface area contributed by atoms with Gasteiger partial charge in [-0.05, 0) is 29.9 Å². The van der Waals surface area contributed by atoms with Crippen molar-refractivity contribution in [1.29, 1.82) is 0 Å². The number of carbonyl (C=O) groups is 3. The first kappa shape index (κ1) is 29.0. The Morgan fingerprint density at radius 2 is 1.98 bits per heavy atom. The van der Waals surface area contributed by atoms with Crippen LogP contribution >= 0.6 is 23.1 Å². The van der Waals surface area contributed by atoms with E-state index in [0.29, 0.717) is 44.9 Å². The largest absolute Gasteiger partial charge is 0.480 e. The summed E-state index contributed by atoms with van der Waals surface area (Å²) in [6.07, 6.45) is 2.61. The summed E-state index contributed by atoms with van der Waals surface area (Å²) < 4.78 is 10.8. The first-order valence-corrected chi connectivity index (χ1v) is 15.4. The molecule has 218 valence electrons. The van der Waals surface area contributed by atoms with Gasteiger partial charge in [0.2, 0.25) is 17.1 Å². The van der Waals surface area contributed by atoms with Crippen molar-refractivity contribution in [2.24, 2.45) is 0 Å². The van der Waals surface area contributed by atoms with Gasteiger partial charge >= 0.3 is 11.9 Å². The van der Waals surface area contributed by atoms with Gasteiger partial charge in [-0.15, -0.1) is 28.1 Å². The number of aryl methyl sites for hydroxylation is 1. The summed E-state index contributed by atoms with van der Waals surface area (Å²) in [5.74, 6) is -1.20. The second-order valence-corrected chi connectivity index (χ2v) is 12.0. The Morgan fingerprint density at radius 3 is 2.71 bits per heavy atom. The van der Waals surface area contributed by atoms with E-state index in [-0.39, 0.29) is 29.5 Å². The first-order valence-electron chi connectivity index (χ1n) is 13.4. The van der Waals surface area contributed by atoms with Crippen LogP contribution in [0, 0.1) is 0 Å². The fourth-order valence-electron chi connectivity index (χ4n) is 4.80. The SMILES string of the molecule is O=C(O)CN1C[C@H](c2cccs2)SC[C@@H](N[C@@H](CCc2ccccc2)C(=O)Nc2c[n+](N3CCOCC3)no2)C1=O. The molecule has 2 aromatic heterocycles. The van der Waals surface area contributed by atoms with Crippen molar-refractivity contribution in [2.45, 2.75) is 30.2 Å². The molecule has 2 amide bonds. The molecule has 2 aliphatic rings. The summed E-state index contributed by atoms with van der Waals surface area (Å²) >= 11 is 3.17. The number of nitrogens with zero attached hydrogens (tertiary/aromatic N) is 4. The van der Waals surface area contributed by atoms with E-state index in [0.717, 1.165) is 10.4 Å². The number of aromatic nitrogens is 2. The van der Waals surface area contributed by atoms with E-state index in [1.807, 2.05) is 52.9 Å². The number of hydrogen-bond donors (Lipinski definition) is 3. The van der Waals surface area contributed by atoms with Gasteiger partial charge in [-0.1, -0.05) is 36.4 Å². The Hall–Kier alpha value is -3.46. The highest BCUT2D eigenvalue weighted by molar-refractivity contribution is 7.99. The Bertz CT molecular complexity index is 1300. The normalized spacial score (nSPS) is 20.4. The van der Waals surface area contributed by atoms with Crippen molar-refractivity contribution < 1.29 is 33.5 Å². The number of rotatable bonds is 11. The number of aliphatic carboxylic acids is 1. The molecule has 3 aromatic rings. The van der Waals surface area contributed by atoms with Crippen LogP contribution in [0.1, 0.15) is 22.1 Å². The topological polar surface area (TPSA) is 141 Å². The molecule has 1 aromatic carbocycles. The standard InChI is InChI=1S/C27H32N6O6S2/c34-25(35)17-31-15-23(22-7-4-14-40-22)41-18-21(27(31)37)28-20(9-8-19-5-2-1-3-6-19)26(36)29-24-16-33(30-39-24)32-10-12-38-13-11-32/h1-7,14,16,20-21,23,28H,8-13,15,17-18H2,(H-,29,30,34,35,36)/p+1/t20-,21+,23+/m0/s1. The second-order valence-electron chi connectivity index (χ2n) is 9.79. The number of benzene rings is 1. The number of anilines is 1. The third kappa shape index (κ3) is 7.85. The van der Waals surface area contributed by atoms with Gasteiger partial charge in [0.05, 0.1) is 48.4 Å². The van der Waals surface area contributed by atoms with Gasteiger partial charge < -0.3 is 14.7 Å². The Labute approximate surface area is 245 Å². The van der Waals surface area contributed by atoms with Gasteiger partial charge in [-0.2, -0.15) is 0 Å². The van der Waals surface area contributed by atoms with Crippen LogP contribution in [0.3, 0.4) is 0 Å². The summed E-state index contributed by atoms with van der Waals surface area (Å²) in [5.41, 5.74) is 1.06. The monoisotopic (exact) mass is 601 g/mol. The van der Waals surface area contributed by atoms with Crippen LogP contribution in [0.25, 0.3) is 0 Å². The first-order chi connectivity index (χ1) is 20.0. The number of carboxylic acid groups (broad SMARTS) is 1. The van der Waals surface area contributed by atoms with E-state index in [1.54, 1.807) is 34.1 Å². The Kier molecular flexibility index (Phi) is 9.88. The quantitative estimate of drug-likeness (QED) is 0.275. The van der Waals surface area contributed by atoms with Gasteiger partial charge in [0.1, 0.15) is 6.54 Å². The lowest BCUT2D eigenvalue weighted by molar-refractivity contribution is -0.759. The number of morpholine rings is 1. The molecule has 2 saturated heterocycles. The summed E-state index contributed by atoms with van der Waals surface area (Å²) in [7, 11) is 0. The second kappa shape index (κ2) is 13.9. The minimum Gasteiger partial charge on any atom is -0.480 e. The van der Waals surface area contributed by atoms with Crippen molar-refractivity contribution in [1.82, 2.24) is 15.5 Å². The van der Waals surface area contributed by atoms with E-state index >= 15 is 0 Å². The molecular formula is C27H33N6O6S2+. The molecule has 0 spiro atoms. The highest BCUT2D eigenvalue weighted by atomic mass is 32.2. The average molecular weight is 602 g/mol. The zero-order valence-corrected chi connectivity index (χ0v) is 24.0. The molecule has 2 fully saturated rings. The van der Waals surface area contributed by atoms with Gasteiger partial charge in [0.25, 0.3) is 6.20 Å². The van der Waals surface area contributed by atoms with Crippen molar-refractivity contribution in [3.63, 3.8) is 0 Å². The van der Waals surface area contributed by atoms with E-state index < -0.39 is 24.6 Å². The summed E-state index contributed by atoms with van der Waals surface area (Å²) in [4.78, 5) is 42.8. The number of carbonyl (C=O) groups excluding carboxylic acids is 2. The molecule has 5 rings (SSSR count). The molecule has 12 nitrogen and oxygen atoms in total. The van der Waals surface area contributed by atoms with Gasteiger partial charge in [-0.3, -0.25) is 29.5 Å². The number of amides is 2. The fourth-order valence-corrected chi connectivity index (χ4v) is 7.06. The van der Waals surface area contributed by atoms with Crippen LogP contribution < -0.4 is 20.4 Å². The summed E-state index contributed by atoms with van der Waals surface area (Å²) in [5, 5.41) is 23.4. The Morgan fingerprint density at radius 1 is 1.17 bits per heavy atom. The lowest BCUT2D eigenvalue weighted by Crippen LogP contribution is -2.62. The minimum absolute atomic E-state index is 0.0495. The molecule has 4 heterocycles. The zero-order chi connectivity index (χ0) is 28.6. The lowest BCUT2D eigenvalue weighted by atomic mass is 10.0. The van der Waals surface area contributed by atoms with Crippen LogP contribution in [0.5, 0.6) is 0 Å². The fraction of sp³-hybridized carbons (Fsp3) is 0.444. The van der Waals surface area contributed by atoms with Crippen LogP contribution in [-0.2, 0) is 25.5 Å². The third-order valence-electron chi connectivity index (χ3n) is 6.91. The lowest BCUT2D eigenvalue weighted by Gasteiger charge is -2.27. The van der Waals surface area contributed by atoms with E-state index in [4.69, 9.17) is 9.26 Å². The highest BCUT2D eigenvalue weighted by Gasteiger charge is 2.36. The predicted molar refractivity (Wildman–Crippen MR) is 153 cm³/mol. The molecule has 41 heavy (non-hydrogen) atoms.